The summed E-state index contributed by atoms with van der Waals surface area (Å²) < 4.78 is 68.3. The third-order valence-electron chi connectivity index (χ3n) is 15.3. The second-order valence-corrected chi connectivity index (χ2v) is 27.4. The molecule has 0 heterocycles. The monoisotopic (exact) mass is 1370 g/mol. The molecule has 0 aliphatic rings. The first-order valence-electron chi connectivity index (χ1n) is 36.8. The predicted octanol–water partition coefficient (Wildman–Crippen LogP) is 20.7. The molecule has 0 aromatic heterocycles. The number of carbonyl (C=O) groups excluding carboxylic acids is 4. The van der Waals surface area contributed by atoms with Crippen molar-refractivity contribution < 1.29 is 80.2 Å². The Kier molecular flexibility index (Phi) is 65.1. The van der Waals surface area contributed by atoms with Crippen LogP contribution in [0.2, 0.25) is 0 Å². The van der Waals surface area contributed by atoms with Crippen molar-refractivity contribution in [1.29, 1.82) is 0 Å². The van der Waals surface area contributed by atoms with Crippen molar-refractivity contribution in [1.82, 2.24) is 0 Å². The van der Waals surface area contributed by atoms with Gasteiger partial charge in [-0.2, -0.15) is 0 Å². The largest absolute Gasteiger partial charge is 0.472 e. The fraction of sp³-hybridized carbons (Fsp3) is 0.760. The molecule has 0 saturated heterocycles. The van der Waals surface area contributed by atoms with Crippen molar-refractivity contribution in [3.8, 4) is 0 Å². The van der Waals surface area contributed by atoms with Crippen molar-refractivity contribution >= 4 is 39.5 Å². The normalized spacial score (nSPS) is 14.5. The predicted molar refractivity (Wildman–Crippen MR) is 381 cm³/mol. The van der Waals surface area contributed by atoms with Crippen LogP contribution in [0.3, 0.4) is 0 Å². The molecule has 544 valence electrons. The third-order valence-corrected chi connectivity index (χ3v) is 17.2. The number of carbonyl (C=O) groups is 4. The van der Waals surface area contributed by atoms with Gasteiger partial charge in [-0.15, -0.1) is 0 Å². The Labute approximate surface area is 570 Å². The molecule has 0 amide bonds. The maximum absolute atomic E-state index is 13.0. The molecule has 0 aliphatic heterocycles. The number of aliphatic hydroxyl groups is 1. The number of rotatable bonds is 69. The maximum Gasteiger partial charge on any atom is 0.472 e. The van der Waals surface area contributed by atoms with Crippen LogP contribution in [0, 0.1) is 0 Å². The molecule has 5 atom stereocenters. The molecule has 0 radical (unpaired) electrons. The van der Waals surface area contributed by atoms with E-state index in [9.17, 15) is 43.2 Å². The van der Waals surface area contributed by atoms with Crippen LogP contribution in [0.1, 0.15) is 310 Å². The van der Waals surface area contributed by atoms with E-state index in [4.69, 9.17) is 37.0 Å². The lowest BCUT2D eigenvalue weighted by atomic mass is 10.1. The number of phosphoric ester groups is 2. The van der Waals surface area contributed by atoms with E-state index in [1.807, 2.05) is 0 Å². The molecular weight excluding hydrogens is 1230 g/mol. The highest BCUT2D eigenvalue weighted by atomic mass is 31.2. The molecule has 19 heteroatoms. The van der Waals surface area contributed by atoms with Crippen LogP contribution in [0.15, 0.2) is 85.1 Å². The summed E-state index contributed by atoms with van der Waals surface area (Å²) in [7, 11) is -9.94. The minimum atomic E-state index is -4.97. The zero-order chi connectivity index (χ0) is 69.0. The summed E-state index contributed by atoms with van der Waals surface area (Å²) in [5, 5.41) is 10.6. The van der Waals surface area contributed by atoms with Crippen molar-refractivity contribution in [3.63, 3.8) is 0 Å². The number of allylic oxidation sites excluding steroid dienone is 14. The molecule has 17 nitrogen and oxygen atoms in total. The van der Waals surface area contributed by atoms with Gasteiger partial charge in [0.05, 0.1) is 26.4 Å². The molecule has 0 rings (SSSR count). The summed E-state index contributed by atoms with van der Waals surface area (Å²) >= 11 is 0. The van der Waals surface area contributed by atoms with Crippen LogP contribution in [0.4, 0.5) is 0 Å². The average Bonchev–Trinajstić information content (AvgIpc) is 1.32. The van der Waals surface area contributed by atoms with Crippen LogP contribution >= 0.6 is 15.6 Å². The van der Waals surface area contributed by atoms with Crippen molar-refractivity contribution in [2.24, 2.45) is 0 Å². The van der Waals surface area contributed by atoms with Gasteiger partial charge in [0.1, 0.15) is 19.3 Å². The fourth-order valence-corrected chi connectivity index (χ4v) is 11.2. The molecule has 0 aliphatic carbocycles. The van der Waals surface area contributed by atoms with Gasteiger partial charge in [-0.25, -0.2) is 9.13 Å². The van der Waals surface area contributed by atoms with Gasteiger partial charge in [0.15, 0.2) is 12.2 Å². The van der Waals surface area contributed by atoms with E-state index >= 15 is 0 Å². The highest BCUT2D eigenvalue weighted by molar-refractivity contribution is 7.47. The standard InChI is InChI=1S/C75H132O17P2/c1-5-9-13-17-21-25-29-31-33-34-36-38-42-44-48-52-56-60-73(78)86-66-71(92-75(80)62-58-54-50-46-40-28-24-20-16-12-8-4)68-90-94(83,84)88-64-69(76)63-87-93(81,82)89-67-70(91-74(79)61-57-53-49-45-39-27-23-19-15-11-7-3)65-85-72(77)59-55-51-47-43-41-37-35-32-30-26-22-18-14-10-6-2/h9,13,19-21,23-25,31-33,35-36,38,69-71,76H,5-8,10-12,14-18,22,26-30,34,37,39-68H2,1-4H3,(H,81,82)(H,83,84)/b13-9-,23-19-,24-20-,25-21-,33-31-,35-32-,38-36-. The number of hydrogen-bond acceptors (Lipinski definition) is 15. The van der Waals surface area contributed by atoms with E-state index in [0.29, 0.717) is 25.7 Å². The van der Waals surface area contributed by atoms with Gasteiger partial charge in [-0.3, -0.25) is 37.3 Å². The Morgan fingerprint density at radius 3 is 0.894 bits per heavy atom. The molecular formula is C75H132O17P2. The average molecular weight is 1370 g/mol. The first kappa shape index (κ1) is 90.2. The molecule has 0 saturated carbocycles. The highest BCUT2D eigenvalue weighted by Gasteiger charge is 2.30. The van der Waals surface area contributed by atoms with Gasteiger partial charge < -0.3 is 33.8 Å². The first-order chi connectivity index (χ1) is 45.7. The lowest BCUT2D eigenvalue weighted by Gasteiger charge is -2.21. The van der Waals surface area contributed by atoms with Gasteiger partial charge >= 0.3 is 39.5 Å². The zero-order valence-corrected chi connectivity index (χ0v) is 60.9. The van der Waals surface area contributed by atoms with Gasteiger partial charge in [-0.1, -0.05) is 241 Å². The van der Waals surface area contributed by atoms with Crippen LogP contribution < -0.4 is 0 Å². The first-order valence-corrected chi connectivity index (χ1v) is 39.8. The van der Waals surface area contributed by atoms with Crippen molar-refractivity contribution in [2.75, 3.05) is 39.6 Å². The second kappa shape index (κ2) is 67.8. The summed E-state index contributed by atoms with van der Waals surface area (Å²) in [4.78, 5) is 72.6. The molecule has 0 aromatic carbocycles. The third kappa shape index (κ3) is 66.8. The number of aliphatic hydroxyl groups excluding tert-OH is 1. The lowest BCUT2D eigenvalue weighted by molar-refractivity contribution is -0.161. The Morgan fingerprint density at radius 2 is 0.564 bits per heavy atom. The molecule has 5 unspecified atom stereocenters. The van der Waals surface area contributed by atoms with Crippen LogP contribution in [-0.2, 0) is 65.4 Å². The number of unbranched alkanes of at least 4 members (excludes halogenated alkanes) is 29. The Balaban J connectivity index is 5.31. The minimum absolute atomic E-state index is 0.0791. The molecule has 3 N–H and O–H groups in total. The van der Waals surface area contributed by atoms with Gasteiger partial charge in [0, 0.05) is 25.7 Å². The number of esters is 4. The van der Waals surface area contributed by atoms with Crippen molar-refractivity contribution in [2.45, 2.75) is 329 Å². The highest BCUT2D eigenvalue weighted by Crippen LogP contribution is 2.45. The van der Waals surface area contributed by atoms with Crippen LogP contribution in [0.25, 0.3) is 0 Å². The van der Waals surface area contributed by atoms with Gasteiger partial charge in [-0.05, 0) is 128 Å². The topological polar surface area (TPSA) is 237 Å². The summed E-state index contributed by atoms with van der Waals surface area (Å²) in [5.41, 5.74) is 0. The smallest absolute Gasteiger partial charge is 0.462 e. The van der Waals surface area contributed by atoms with Crippen molar-refractivity contribution in [3.05, 3.63) is 85.1 Å². The van der Waals surface area contributed by atoms with Gasteiger partial charge in [0.2, 0.25) is 0 Å². The van der Waals surface area contributed by atoms with Gasteiger partial charge in [0.25, 0.3) is 0 Å². The summed E-state index contributed by atoms with van der Waals surface area (Å²) in [6.07, 6.45) is 67.4. The Morgan fingerprint density at radius 1 is 0.309 bits per heavy atom. The van der Waals surface area contributed by atoms with E-state index in [2.05, 4.69) is 113 Å². The summed E-state index contributed by atoms with van der Waals surface area (Å²) in [6, 6.07) is 0. The summed E-state index contributed by atoms with van der Waals surface area (Å²) in [6.45, 7) is 4.63. The second-order valence-electron chi connectivity index (χ2n) is 24.5. The van der Waals surface area contributed by atoms with Crippen LogP contribution in [0.5, 0.6) is 0 Å². The van der Waals surface area contributed by atoms with E-state index in [1.54, 1.807) is 0 Å². The molecule has 0 aromatic rings. The molecule has 0 bridgehead atoms. The SMILES string of the molecule is CC/C=C\C/C=C\C/C=C\C/C=C\CCCCCCC(=O)OCC(COP(=O)(O)OCC(O)COP(=O)(O)OCC(COC(=O)CCCCCCC/C=C\CCCCCCCC)OC(=O)CCCCCCC/C=C\CCCC)OC(=O)CCCCCCC/C=C\CCCC. The zero-order valence-electron chi connectivity index (χ0n) is 59.1. The fourth-order valence-electron chi connectivity index (χ4n) is 9.64. The lowest BCUT2D eigenvalue weighted by Crippen LogP contribution is -2.30. The summed E-state index contributed by atoms with van der Waals surface area (Å²) in [5.74, 6) is -2.22. The number of phosphoric acid groups is 2. The molecule has 94 heavy (non-hydrogen) atoms. The Hall–Kier alpha value is -3.76. The maximum atomic E-state index is 13.0. The van der Waals surface area contributed by atoms with E-state index < -0.39 is 97.5 Å². The quantitative estimate of drug-likeness (QED) is 0.0169. The molecule has 0 spiro atoms. The number of hydrogen-bond donors (Lipinski definition) is 3. The molecule has 0 fully saturated rings. The van der Waals surface area contributed by atoms with Crippen LogP contribution in [-0.4, -0.2) is 96.7 Å². The van der Waals surface area contributed by atoms with E-state index in [-0.39, 0.29) is 25.7 Å². The van der Waals surface area contributed by atoms with E-state index in [1.165, 1.54) is 64.2 Å². The van der Waals surface area contributed by atoms with E-state index in [0.717, 1.165) is 167 Å². The minimum Gasteiger partial charge on any atom is -0.462 e. The number of ether oxygens (including phenoxy) is 4. The Bertz CT molecular complexity index is 2120.